The zero-order valence-electron chi connectivity index (χ0n) is 17.7. The summed E-state index contributed by atoms with van der Waals surface area (Å²) in [6, 6.07) is 4.82. The lowest BCUT2D eigenvalue weighted by Gasteiger charge is -2.30. The van der Waals surface area contributed by atoms with Gasteiger partial charge in [0, 0.05) is 33.6 Å². The second-order valence-corrected chi connectivity index (χ2v) is 10.3. The normalized spacial score (nSPS) is 18.5. The summed E-state index contributed by atoms with van der Waals surface area (Å²) in [6.45, 7) is 4.92. The summed E-state index contributed by atoms with van der Waals surface area (Å²) in [5, 5.41) is 4.04. The summed E-state index contributed by atoms with van der Waals surface area (Å²) >= 11 is 0. The summed E-state index contributed by atoms with van der Waals surface area (Å²) in [4.78, 5) is 16.8. The second-order valence-electron chi connectivity index (χ2n) is 8.40. The lowest BCUT2D eigenvalue weighted by molar-refractivity contribution is 0.265. The molecule has 0 amide bonds. The first-order valence-electron chi connectivity index (χ1n) is 10.2. The number of hydrogen-bond acceptors (Lipinski definition) is 6. The first-order valence-corrected chi connectivity index (χ1v) is 11.6. The van der Waals surface area contributed by atoms with Gasteiger partial charge in [-0.1, -0.05) is 19.0 Å². The average molecular weight is 434 g/mol. The molecule has 1 atom stereocenters. The van der Waals surface area contributed by atoms with Crippen LogP contribution in [0.15, 0.2) is 32.4 Å². The van der Waals surface area contributed by atoms with Crippen LogP contribution in [0.5, 0.6) is 0 Å². The van der Waals surface area contributed by atoms with Gasteiger partial charge in [0.05, 0.1) is 21.8 Å². The van der Waals surface area contributed by atoms with Crippen molar-refractivity contribution in [1.82, 2.24) is 23.6 Å². The highest BCUT2D eigenvalue weighted by molar-refractivity contribution is 7.89. The van der Waals surface area contributed by atoms with Gasteiger partial charge in [0.2, 0.25) is 15.9 Å². The monoisotopic (exact) mass is 433 g/mol. The van der Waals surface area contributed by atoms with E-state index < -0.39 is 10.0 Å². The quantitative estimate of drug-likeness (QED) is 0.610. The summed E-state index contributed by atoms with van der Waals surface area (Å²) in [6.07, 6.45) is 2.26. The predicted octanol–water partition coefficient (Wildman–Crippen LogP) is 2.03. The smallest absolute Gasteiger partial charge is 0.328 e. The maximum absolute atomic E-state index is 13.3. The number of nitrogens with zero attached hydrogens (tertiary/aromatic N) is 5. The fourth-order valence-corrected chi connectivity index (χ4v) is 5.58. The average Bonchev–Trinajstić information content (AvgIpc) is 3.27. The Morgan fingerprint density at radius 1 is 1.20 bits per heavy atom. The van der Waals surface area contributed by atoms with Crippen molar-refractivity contribution in [2.24, 2.45) is 20.0 Å². The van der Waals surface area contributed by atoms with E-state index in [1.165, 1.54) is 13.4 Å². The Kier molecular flexibility index (Phi) is 5.31. The largest absolute Gasteiger partial charge is 0.339 e. The van der Waals surface area contributed by atoms with Crippen LogP contribution in [0.4, 0.5) is 0 Å². The molecule has 3 aromatic rings. The number of fused-ring (bicyclic) bond motifs is 1. The van der Waals surface area contributed by atoms with Crippen LogP contribution in [0.2, 0.25) is 0 Å². The minimum absolute atomic E-state index is 0.119. The zero-order valence-corrected chi connectivity index (χ0v) is 18.5. The standard InChI is InChI=1S/C20H27N5O4S/c1-13(2)10-18-21-19(29-22-18)14-6-5-9-25(12-14)30(27,28)15-7-8-16-17(11-15)24(4)20(26)23(16)3/h7-8,11,13-14H,5-6,9-10,12H2,1-4H3. The molecule has 1 aromatic carbocycles. The molecule has 0 spiro atoms. The van der Waals surface area contributed by atoms with E-state index in [0.717, 1.165) is 19.3 Å². The van der Waals surface area contributed by atoms with Crippen molar-refractivity contribution in [2.45, 2.75) is 43.9 Å². The van der Waals surface area contributed by atoms with E-state index in [9.17, 15) is 13.2 Å². The lowest BCUT2D eigenvalue weighted by Crippen LogP contribution is -2.39. The number of aryl methyl sites for hydroxylation is 2. The molecule has 0 radical (unpaired) electrons. The number of benzene rings is 1. The summed E-state index contributed by atoms with van der Waals surface area (Å²) < 4.78 is 36.5. The Morgan fingerprint density at radius 2 is 1.93 bits per heavy atom. The van der Waals surface area contributed by atoms with Crippen molar-refractivity contribution in [3.8, 4) is 0 Å². The number of rotatable bonds is 5. The SMILES string of the molecule is CC(C)Cc1noc(C2CCCN(S(=O)(=O)c3ccc4c(c3)n(C)c(=O)n4C)C2)n1. The Hall–Kier alpha value is -2.46. The first kappa shape index (κ1) is 20.8. The number of sulfonamides is 1. The van der Waals surface area contributed by atoms with Gasteiger partial charge in [-0.25, -0.2) is 13.2 Å². The maximum atomic E-state index is 13.3. The van der Waals surface area contributed by atoms with Crippen molar-refractivity contribution in [3.05, 3.63) is 40.4 Å². The van der Waals surface area contributed by atoms with Crippen LogP contribution in [0.3, 0.4) is 0 Å². The lowest BCUT2D eigenvalue weighted by atomic mass is 10.00. The molecule has 10 heteroatoms. The van der Waals surface area contributed by atoms with Gasteiger partial charge < -0.3 is 4.52 Å². The van der Waals surface area contributed by atoms with Crippen LogP contribution >= 0.6 is 0 Å². The van der Waals surface area contributed by atoms with Crippen molar-refractivity contribution >= 4 is 21.1 Å². The van der Waals surface area contributed by atoms with Gasteiger partial charge in [-0.3, -0.25) is 9.13 Å². The van der Waals surface area contributed by atoms with Gasteiger partial charge in [-0.15, -0.1) is 0 Å². The highest BCUT2D eigenvalue weighted by Gasteiger charge is 2.33. The second kappa shape index (κ2) is 7.66. The Morgan fingerprint density at radius 3 is 2.67 bits per heavy atom. The fourth-order valence-electron chi connectivity index (χ4n) is 4.04. The molecule has 2 aromatic heterocycles. The summed E-state index contributed by atoms with van der Waals surface area (Å²) in [5.41, 5.74) is 1.10. The molecule has 1 saturated heterocycles. The molecule has 0 aliphatic carbocycles. The van der Waals surface area contributed by atoms with Gasteiger partial charge in [0.25, 0.3) is 0 Å². The third-order valence-corrected chi connectivity index (χ3v) is 7.55. The van der Waals surface area contributed by atoms with Crippen LogP contribution in [0, 0.1) is 5.92 Å². The minimum Gasteiger partial charge on any atom is -0.339 e. The van der Waals surface area contributed by atoms with Crippen molar-refractivity contribution in [3.63, 3.8) is 0 Å². The van der Waals surface area contributed by atoms with E-state index in [1.54, 1.807) is 32.3 Å². The molecule has 1 aliphatic heterocycles. The Bertz CT molecular complexity index is 1240. The molecule has 3 heterocycles. The van der Waals surface area contributed by atoms with Gasteiger partial charge in [-0.05, 0) is 37.0 Å². The van der Waals surface area contributed by atoms with Crippen molar-refractivity contribution in [1.29, 1.82) is 0 Å². The number of aromatic nitrogens is 4. The van der Waals surface area contributed by atoms with E-state index in [4.69, 9.17) is 4.52 Å². The maximum Gasteiger partial charge on any atom is 0.328 e. The molecule has 30 heavy (non-hydrogen) atoms. The summed E-state index contributed by atoms with van der Waals surface area (Å²) in [5.74, 6) is 1.47. The molecule has 1 fully saturated rings. The first-order chi connectivity index (χ1) is 14.2. The van der Waals surface area contributed by atoms with Crippen molar-refractivity contribution < 1.29 is 12.9 Å². The van der Waals surface area contributed by atoms with Crippen LogP contribution in [0.25, 0.3) is 11.0 Å². The van der Waals surface area contributed by atoms with Crippen LogP contribution in [-0.4, -0.2) is 45.1 Å². The third kappa shape index (κ3) is 3.58. The minimum atomic E-state index is -3.71. The van der Waals surface area contributed by atoms with Gasteiger partial charge in [0.1, 0.15) is 0 Å². The Balaban J connectivity index is 1.61. The molecule has 0 N–H and O–H groups in total. The molecule has 0 saturated carbocycles. The zero-order chi connectivity index (χ0) is 21.6. The Labute approximate surface area is 175 Å². The van der Waals surface area contributed by atoms with Gasteiger partial charge in [0.15, 0.2) is 5.82 Å². The van der Waals surface area contributed by atoms with E-state index >= 15 is 0 Å². The molecule has 1 unspecified atom stereocenters. The van der Waals surface area contributed by atoms with E-state index in [0.29, 0.717) is 41.8 Å². The fraction of sp³-hybridized carbons (Fsp3) is 0.550. The topological polar surface area (TPSA) is 103 Å². The van der Waals surface area contributed by atoms with Gasteiger partial charge in [-0.2, -0.15) is 9.29 Å². The molecule has 4 rings (SSSR count). The number of piperidine rings is 1. The van der Waals surface area contributed by atoms with Crippen LogP contribution < -0.4 is 5.69 Å². The van der Waals surface area contributed by atoms with E-state index in [1.807, 2.05) is 0 Å². The highest BCUT2D eigenvalue weighted by Crippen LogP contribution is 2.30. The highest BCUT2D eigenvalue weighted by atomic mass is 32.2. The molecule has 9 nitrogen and oxygen atoms in total. The predicted molar refractivity (Wildman–Crippen MR) is 112 cm³/mol. The number of imidazole rings is 1. The molecular formula is C20H27N5O4S. The van der Waals surface area contributed by atoms with E-state index in [-0.39, 0.29) is 16.5 Å². The summed E-state index contributed by atoms with van der Waals surface area (Å²) in [7, 11) is -0.394. The molecule has 0 bridgehead atoms. The third-order valence-electron chi connectivity index (χ3n) is 5.69. The molecule has 1 aliphatic rings. The van der Waals surface area contributed by atoms with Crippen LogP contribution in [0.1, 0.15) is 44.3 Å². The molecule has 162 valence electrons. The number of hydrogen-bond donors (Lipinski definition) is 0. The molecular weight excluding hydrogens is 406 g/mol. The van der Waals surface area contributed by atoms with Crippen molar-refractivity contribution in [2.75, 3.05) is 13.1 Å². The van der Waals surface area contributed by atoms with E-state index in [2.05, 4.69) is 24.0 Å². The van der Waals surface area contributed by atoms with Crippen LogP contribution in [-0.2, 0) is 30.5 Å². The van der Waals surface area contributed by atoms with Gasteiger partial charge >= 0.3 is 5.69 Å².